The van der Waals surface area contributed by atoms with Crippen LogP contribution in [0.2, 0.25) is 0 Å². The summed E-state index contributed by atoms with van der Waals surface area (Å²) in [6, 6.07) is 8.63. The molecule has 1 aromatic carbocycles. The average molecular weight is 216 g/mol. The Morgan fingerprint density at radius 1 is 1.31 bits per heavy atom. The first kappa shape index (κ1) is 10.8. The molecule has 2 aromatic rings. The van der Waals surface area contributed by atoms with Gasteiger partial charge in [-0.1, -0.05) is 29.5 Å². The molecule has 16 heavy (non-hydrogen) atoms. The van der Waals surface area contributed by atoms with Crippen LogP contribution < -0.4 is 5.32 Å². The van der Waals surface area contributed by atoms with E-state index >= 15 is 0 Å². The minimum absolute atomic E-state index is 0.311. The predicted molar refractivity (Wildman–Crippen MR) is 63.9 cm³/mol. The molecule has 84 valence electrons. The first-order valence-electron chi connectivity index (χ1n) is 5.35. The second kappa shape index (κ2) is 4.45. The van der Waals surface area contributed by atoms with E-state index in [0.717, 1.165) is 5.69 Å². The lowest BCUT2D eigenvalue weighted by Gasteiger charge is -2.15. The fourth-order valence-electron chi connectivity index (χ4n) is 1.80. The van der Waals surface area contributed by atoms with Crippen LogP contribution in [0, 0.1) is 0 Å². The van der Waals surface area contributed by atoms with E-state index in [9.17, 15) is 0 Å². The summed E-state index contributed by atoms with van der Waals surface area (Å²) < 4.78 is 1.79. The summed E-state index contributed by atoms with van der Waals surface area (Å²) in [5, 5.41) is 11.1. The maximum atomic E-state index is 3.97. The molecule has 0 aliphatic carbocycles. The van der Waals surface area contributed by atoms with Gasteiger partial charge in [0.25, 0.3) is 0 Å². The molecule has 1 heterocycles. The predicted octanol–water partition coefficient (Wildman–Crippen LogP) is 1.76. The van der Waals surface area contributed by atoms with Gasteiger partial charge < -0.3 is 5.32 Å². The molecule has 1 unspecified atom stereocenters. The molecule has 1 aromatic heterocycles. The van der Waals surface area contributed by atoms with Gasteiger partial charge in [-0.15, -0.1) is 5.10 Å². The van der Waals surface area contributed by atoms with Gasteiger partial charge in [0, 0.05) is 18.7 Å². The molecule has 0 amide bonds. The number of aryl methyl sites for hydroxylation is 1. The first-order chi connectivity index (χ1) is 7.74. The van der Waals surface area contributed by atoms with E-state index in [1.54, 1.807) is 10.9 Å². The largest absolute Gasteiger partial charge is 0.313 e. The van der Waals surface area contributed by atoms with Crippen molar-refractivity contribution in [2.75, 3.05) is 7.05 Å². The highest BCUT2D eigenvalue weighted by Crippen LogP contribution is 2.26. The maximum Gasteiger partial charge on any atom is 0.0885 e. The summed E-state index contributed by atoms with van der Waals surface area (Å²) in [7, 11) is 3.87. The third-order valence-corrected chi connectivity index (χ3v) is 2.85. The van der Waals surface area contributed by atoms with E-state index in [1.807, 2.05) is 20.2 Å². The first-order valence-corrected chi connectivity index (χ1v) is 5.35. The molecule has 1 N–H and O–H groups in total. The molecule has 0 fully saturated rings. The normalized spacial score (nSPS) is 12.7. The molecule has 0 aliphatic rings. The third kappa shape index (κ3) is 1.84. The van der Waals surface area contributed by atoms with Crippen molar-refractivity contribution in [1.82, 2.24) is 20.3 Å². The standard InChI is InChI=1S/C12H16N4/c1-9(13-2)10-6-4-5-7-11(10)12-8-14-15-16(12)3/h4-9,13H,1-3H3. The summed E-state index contributed by atoms with van der Waals surface area (Å²) in [4.78, 5) is 0. The monoisotopic (exact) mass is 216 g/mol. The van der Waals surface area contributed by atoms with Gasteiger partial charge in [-0.05, 0) is 19.5 Å². The van der Waals surface area contributed by atoms with Crippen LogP contribution in [0.15, 0.2) is 30.5 Å². The summed E-state index contributed by atoms with van der Waals surface area (Å²) in [5.41, 5.74) is 3.48. The van der Waals surface area contributed by atoms with E-state index in [4.69, 9.17) is 0 Å². The van der Waals surface area contributed by atoms with E-state index in [2.05, 4.69) is 40.8 Å². The molecule has 0 saturated carbocycles. The Labute approximate surface area is 95.3 Å². The molecule has 0 spiro atoms. The van der Waals surface area contributed by atoms with Crippen molar-refractivity contribution < 1.29 is 0 Å². The Bertz CT molecular complexity index is 475. The number of benzene rings is 1. The van der Waals surface area contributed by atoms with Crippen molar-refractivity contribution in [3.05, 3.63) is 36.0 Å². The summed E-state index contributed by atoms with van der Waals surface area (Å²) in [6.07, 6.45) is 1.79. The van der Waals surface area contributed by atoms with Gasteiger partial charge in [-0.3, -0.25) is 0 Å². The lowest BCUT2D eigenvalue weighted by molar-refractivity contribution is 0.651. The maximum absolute atomic E-state index is 3.97. The quantitative estimate of drug-likeness (QED) is 0.850. The zero-order valence-electron chi connectivity index (χ0n) is 9.81. The highest BCUT2D eigenvalue weighted by Gasteiger charge is 2.12. The summed E-state index contributed by atoms with van der Waals surface area (Å²) in [6.45, 7) is 2.14. The smallest absolute Gasteiger partial charge is 0.0885 e. The number of nitrogens with zero attached hydrogens (tertiary/aromatic N) is 3. The summed E-state index contributed by atoms with van der Waals surface area (Å²) >= 11 is 0. The van der Waals surface area contributed by atoms with Crippen LogP contribution in [0.25, 0.3) is 11.3 Å². The van der Waals surface area contributed by atoms with Gasteiger partial charge >= 0.3 is 0 Å². The minimum Gasteiger partial charge on any atom is -0.313 e. The van der Waals surface area contributed by atoms with Crippen LogP contribution in [0.3, 0.4) is 0 Å². The Morgan fingerprint density at radius 2 is 2.06 bits per heavy atom. The van der Waals surface area contributed by atoms with Gasteiger partial charge in [0.2, 0.25) is 0 Å². The zero-order valence-corrected chi connectivity index (χ0v) is 9.81. The number of hydrogen-bond acceptors (Lipinski definition) is 3. The van der Waals surface area contributed by atoms with Crippen LogP contribution >= 0.6 is 0 Å². The Kier molecular flexibility index (Phi) is 3.01. The van der Waals surface area contributed by atoms with Crippen molar-refractivity contribution in [3.8, 4) is 11.3 Å². The van der Waals surface area contributed by atoms with Gasteiger partial charge in [-0.25, -0.2) is 4.68 Å². The minimum atomic E-state index is 0.311. The number of hydrogen-bond donors (Lipinski definition) is 1. The fraction of sp³-hybridized carbons (Fsp3) is 0.333. The molecule has 0 saturated heterocycles. The van der Waals surface area contributed by atoms with Crippen LogP contribution in [0.5, 0.6) is 0 Å². The lowest BCUT2D eigenvalue weighted by atomic mass is 9.99. The Morgan fingerprint density at radius 3 is 2.69 bits per heavy atom. The average Bonchev–Trinajstić information content (AvgIpc) is 2.74. The van der Waals surface area contributed by atoms with Crippen molar-refractivity contribution in [3.63, 3.8) is 0 Å². The highest BCUT2D eigenvalue weighted by molar-refractivity contribution is 5.63. The van der Waals surface area contributed by atoms with E-state index in [0.29, 0.717) is 6.04 Å². The van der Waals surface area contributed by atoms with E-state index < -0.39 is 0 Å². The van der Waals surface area contributed by atoms with Gasteiger partial charge in [0.1, 0.15) is 0 Å². The topological polar surface area (TPSA) is 42.7 Å². The molecule has 4 nitrogen and oxygen atoms in total. The SMILES string of the molecule is CNC(C)c1ccccc1-c1cnnn1C. The molecule has 2 rings (SSSR count). The van der Waals surface area contributed by atoms with Crippen molar-refractivity contribution >= 4 is 0 Å². The molecule has 0 radical (unpaired) electrons. The number of nitrogens with one attached hydrogen (secondary N) is 1. The molecule has 0 bridgehead atoms. The second-order valence-electron chi connectivity index (χ2n) is 3.84. The van der Waals surface area contributed by atoms with Gasteiger partial charge in [0.05, 0.1) is 11.9 Å². The third-order valence-electron chi connectivity index (χ3n) is 2.85. The molecule has 1 atom stereocenters. The van der Waals surface area contributed by atoms with Crippen molar-refractivity contribution in [1.29, 1.82) is 0 Å². The number of aromatic nitrogens is 3. The van der Waals surface area contributed by atoms with Gasteiger partial charge in [-0.2, -0.15) is 0 Å². The zero-order chi connectivity index (χ0) is 11.5. The molecular formula is C12H16N4. The fourth-order valence-corrected chi connectivity index (χ4v) is 1.80. The summed E-state index contributed by atoms with van der Waals surface area (Å²) in [5.74, 6) is 0. The Hall–Kier alpha value is -1.68. The van der Waals surface area contributed by atoms with Crippen LogP contribution in [0.1, 0.15) is 18.5 Å². The second-order valence-corrected chi connectivity index (χ2v) is 3.84. The van der Waals surface area contributed by atoms with Gasteiger partial charge in [0.15, 0.2) is 0 Å². The van der Waals surface area contributed by atoms with Crippen molar-refractivity contribution in [2.24, 2.45) is 7.05 Å². The molecular weight excluding hydrogens is 200 g/mol. The van der Waals surface area contributed by atoms with E-state index in [1.165, 1.54) is 11.1 Å². The number of rotatable bonds is 3. The Balaban J connectivity index is 2.53. The molecule has 0 aliphatic heterocycles. The molecule has 4 heteroatoms. The van der Waals surface area contributed by atoms with Crippen LogP contribution in [-0.2, 0) is 7.05 Å². The van der Waals surface area contributed by atoms with Crippen molar-refractivity contribution in [2.45, 2.75) is 13.0 Å². The van der Waals surface area contributed by atoms with E-state index in [-0.39, 0.29) is 0 Å². The highest BCUT2D eigenvalue weighted by atomic mass is 15.4. The van der Waals surface area contributed by atoms with Crippen LogP contribution in [-0.4, -0.2) is 22.0 Å². The van der Waals surface area contributed by atoms with Crippen LogP contribution in [0.4, 0.5) is 0 Å². The lowest BCUT2D eigenvalue weighted by Crippen LogP contribution is -2.13.